The van der Waals surface area contributed by atoms with Crippen LogP contribution < -0.4 is 0 Å². The van der Waals surface area contributed by atoms with E-state index in [1.807, 2.05) is 60.7 Å². The Kier molecular flexibility index (Phi) is 3.58. The summed E-state index contributed by atoms with van der Waals surface area (Å²) in [5.74, 6) is -1.12. The maximum Gasteiger partial charge on any atom is 0.226 e. The Morgan fingerprint density at radius 3 is 2.00 bits per heavy atom. The van der Waals surface area contributed by atoms with Crippen LogP contribution in [0.2, 0.25) is 0 Å². The van der Waals surface area contributed by atoms with Crippen LogP contribution in [0.15, 0.2) is 65.8 Å². The number of nitrogens with zero attached hydrogens (tertiary/aromatic N) is 1. The Morgan fingerprint density at radius 2 is 1.45 bits per heavy atom. The first-order valence-corrected chi connectivity index (χ1v) is 6.58. The van der Waals surface area contributed by atoms with Crippen LogP contribution in [-0.2, 0) is 15.3 Å². The first kappa shape index (κ1) is 13.0. The lowest BCUT2D eigenvalue weighted by Gasteiger charge is -2.31. The molecule has 0 spiro atoms. The molecule has 1 atom stereocenters. The van der Waals surface area contributed by atoms with Crippen molar-refractivity contribution in [3.8, 4) is 0 Å². The highest BCUT2D eigenvalue weighted by molar-refractivity contribution is 5.29. The zero-order valence-electron chi connectivity index (χ0n) is 10.9. The number of hydrogen-bond acceptors (Lipinski definition) is 4. The average Bonchev–Trinajstić information content (AvgIpc) is 3.01. The number of hydrogen-bond donors (Lipinski definition) is 0. The summed E-state index contributed by atoms with van der Waals surface area (Å²) in [6.07, 6.45) is 0. The minimum Gasteiger partial charge on any atom is -0.341 e. The second-order valence-corrected chi connectivity index (χ2v) is 4.65. The van der Waals surface area contributed by atoms with E-state index in [-0.39, 0.29) is 0 Å². The number of nitroso groups, excluding NO2 is 1. The van der Waals surface area contributed by atoms with E-state index in [1.54, 1.807) is 0 Å². The normalized spacial score (nSPS) is 18.6. The summed E-state index contributed by atoms with van der Waals surface area (Å²) in [7, 11) is 0. The molecule has 0 amide bonds. The molecule has 4 heteroatoms. The molecule has 1 heterocycles. The fourth-order valence-corrected chi connectivity index (χ4v) is 2.57. The van der Waals surface area contributed by atoms with Crippen LogP contribution in [0.5, 0.6) is 0 Å². The molecule has 1 fully saturated rings. The fraction of sp³-hybridized carbons (Fsp3) is 0.250. The molecule has 102 valence electrons. The second-order valence-electron chi connectivity index (χ2n) is 4.65. The van der Waals surface area contributed by atoms with Gasteiger partial charge in [0.05, 0.1) is 13.2 Å². The predicted octanol–water partition coefficient (Wildman–Crippen LogP) is 3.39. The molecule has 2 aromatic carbocycles. The van der Waals surface area contributed by atoms with Crippen molar-refractivity contribution in [1.29, 1.82) is 0 Å². The molecule has 1 saturated heterocycles. The molecule has 1 unspecified atom stereocenters. The Balaban J connectivity index is 2.08. The molecule has 3 rings (SSSR count). The van der Waals surface area contributed by atoms with E-state index in [0.29, 0.717) is 13.2 Å². The third-order valence-electron chi connectivity index (χ3n) is 3.47. The molecular weight excluding hydrogens is 254 g/mol. The molecule has 0 N–H and O–H groups in total. The van der Waals surface area contributed by atoms with Gasteiger partial charge in [-0.05, 0) is 5.56 Å². The lowest BCUT2D eigenvalue weighted by Crippen LogP contribution is -2.34. The van der Waals surface area contributed by atoms with Crippen LogP contribution >= 0.6 is 0 Å². The average molecular weight is 269 g/mol. The van der Waals surface area contributed by atoms with E-state index < -0.39 is 11.8 Å². The quantitative estimate of drug-likeness (QED) is 0.799. The van der Waals surface area contributed by atoms with Gasteiger partial charge in [-0.15, -0.1) is 4.91 Å². The molecule has 0 aliphatic carbocycles. The van der Waals surface area contributed by atoms with E-state index in [2.05, 4.69) is 5.18 Å². The maximum atomic E-state index is 11.5. The third-order valence-corrected chi connectivity index (χ3v) is 3.47. The number of benzene rings is 2. The monoisotopic (exact) mass is 269 g/mol. The van der Waals surface area contributed by atoms with Gasteiger partial charge in [0, 0.05) is 5.56 Å². The second kappa shape index (κ2) is 5.53. The zero-order chi connectivity index (χ0) is 13.8. The van der Waals surface area contributed by atoms with Crippen LogP contribution in [-0.4, -0.2) is 13.2 Å². The van der Waals surface area contributed by atoms with Gasteiger partial charge < -0.3 is 9.47 Å². The molecular formula is C16H15NO3. The Bertz CT molecular complexity index is 565. The van der Waals surface area contributed by atoms with Crippen molar-refractivity contribution in [1.82, 2.24) is 0 Å². The van der Waals surface area contributed by atoms with E-state index in [4.69, 9.17) is 9.47 Å². The fourth-order valence-electron chi connectivity index (χ4n) is 2.57. The first-order valence-electron chi connectivity index (χ1n) is 6.58. The molecule has 20 heavy (non-hydrogen) atoms. The van der Waals surface area contributed by atoms with Crippen molar-refractivity contribution in [2.24, 2.45) is 5.18 Å². The van der Waals surface area contributed by atoms with Crippen LogP contribution in [0, 0.1) is 4.91 Å². The highest BCUT2D eigenvalue weighted by atomic mass is 16.7. The van der Waals surface area contributed by atoms with Gasteiger partial charge in [0.25, 0.3) is 0 Å². The zero-order valence-corrected chi connectivity index (χ0v) is 10.9. The first-order chi connectivity index (χ1) is 9.87. The van der Waals surface area contributed by atoms with Crippen molar-refractivity contribution in [2.45, 2.75) is 11.8 Å². The van der Waals surface area contributed by atoms with Crippen LogP contribution in [0.3, 0.4) is 0 Å². The Morgan fingerprint density at radius 1 is 0.900 bits per heavy atom. The summed E-state index contributed by atoms with van der Waals surface area (Å²) in [5.41, 5.74) is 1.60. The van der Waals surface area contributed by atoms with Gasteiger partial charge in [0.1, 0.15) is 0 Å². The molecule has 1 aliphatic heterocycles. The van der Waals surface area contributed by atoms with Gasteiger partial charge in [0.2, 0.25) is 5.79 Å². The van der Waals surface area contributed by atoms with Gasteiger partial charge in [-0.2, -0.15) is 0 Å². The number of ether oxygens (including phenoxy) is 2. The molecule has 0 bridgehead atoms. The van der Waals surface area contributed by atoms with Crippen LogP contribution in [0.1, 0.15) is 17.2 Å². The third kappa shape index (κ3) is 2.13. The topological polar surface area (TPSA) is 47.9 Å². The molecule has 1 aliphatic rings. The standard InChI is InChI=1S/C16H15NO3/c18-17-15(13-7-3-1-4-8-13)16(19-11-12-20-16)14-9-5-2-6-10-14/h1-10,15H,11-12H2. The summed E-state index contributed by atoms with van der Waals surface area (Å²) in [6, 6.07) is 18.2. The Hall–Kier alpha value is -2.04. The summed E-state index contributed by atoms with van der Waals surface area (Å²) >= 11 is 0. The highest BCUT2D eigenvalue weighted by Gasteiger charge is 2.48. The van der Waals surface area contributed by atoms with Crippen LogP contribution in [0.4, 0.5) is 0 Å². The molecule has 4 nitrogen and oxygen atoms in total. The maximum absolute atomic E-state index is 11.5. The molecule has 2 aromatic rings. The van der Waals surface area contributed by atoms with Gasteiger partial charge in [-0.1, -0.05) is 65.8 Å². The van der Waals surface area contributed by atoms with E-state index in [9.17, 15) is 4.91 Å². The van der Waals surface area contributed by atoms with E-state index >= 15 is 0 Å². The highest BCUT2D eigenvalue weighted by Crippen LogP contribution is 2.44. The predicted molar refractivity (Wildman–Crippen MR) is 75.0 cm³/mol. The van der Waals surface area contributed by atoms with Crippen molar-refractivity contribution < 1.29 is 9.47 Å². The smallest absolute Gasteiger partial charge is 0.226 e. The van der Waals surface area contributed by atoms with Crippen molar-refractivity contribution in [3.63, 3.8) is 0 Å². The lowest BCUT2D eigenvalue weighted by atomic mass is 9.92. The van der Waals surface area contributed by atoms with E-state index in [1.165, 1.54) is 0 Å². The van der Waals surface area contributed by atoms with Crippen molar-refractivity contribution in [3.05, 3.63) is 76.7 Å². The largest absolute Gasteiger partial charge is 0.341 e. The van der Waals surface area contributed by atoms with Crippen molar-refractivity contribution in [2.75, 3.05) is 13.2 Å². The number of rotatable bonds is 4. The van der Waals surface area contributed by atoms with Crippen molar-refractivity contribution >= 4 is 0 Å². The van der Waals surface area contributed by atoms with E-state index in [0.717, 1.165) is 11.1 Å². The Labute approximate surface area is 117 Å². The molecule has 0 saturated carbocycles. The van der Waals surface area contributed by atoms with Gasteiger partial charge in [-0.25, -0.2) is 0 Å². The molecule has 0 aromatic heterocycles. The van der Waals surface area contributed by atoms with Crippen LogP contribution in [0.25, 0.3) is 0 Å². The summed E-state index contributed by atoms with van der Waals surface area (Å²) in [4.78, 5) is 11.5. The van der Waals surface area contributed by atoms with Gasteiger partial charge in [0.15, 0.2) is 6.04 Å². The molecule has 0 radical (unpaired) electrons. The van der Waals surface area contributed by atoms with Gasteiger partial charge in [-0.3, -0.25) is 0 Å². The minimum atomic E-state index is -1.12. The summed E-state index contributed by atoms with van der Waals surface area (Å²) < 4.78 is 11.6. The summed E-state index contributed by atoms with van der Waals surface area (Å²) in [5, 5.41) is 3.29. The minimum absolute atomic E-state index is 0.452. The lowest BCUT2D eigenvalue weighted by molar-refractivity contribution is -0.183. The SMILES string of the molecule is O=NC(c1ccccc1)C1(c2ccccc2)OCCO1. The van der Waals surface area contributed by atoms with Gasteiger partial charge >= 0.3 is 0 Å². The summed E-state index contributed by atoms with van der Waals surface area (Å²) in [6.45, 7) is 0.904.